The topological polar surface area (TPSA) is 122 Å². The number of aliphatic hydroxyl groups is 1. The molecular formula is C31H29N3O6S2. The van der Waals surface area contributed by atoms with E-state index in [1.54, 1.807) is 43.3 Å². The van der Waals surface area contributed by atoms with Crippen molar-refractivity contribution in [1.82, 2.24) is 10.2 Å². The molecule has 1 saturated heterocycles. The molecule has 1 aliphatic rings. The van der Waals surface area contributed by atoms with Crippen LogP contribution in [0.4, 0.5) is 5.13 Å². The fourth-order valence-electron chi connectivity index (χ4n) is 4.54. The molecule has 11 heteroatoms. The molecule has 216 valence electrons. The van der Waals surface area contributed by atoms with Crippen LogP contribution >= 0.6 is 23.1 Å². The second kappa shape index (κ2) is 12.7. The number of thioether (sulfide) groups is 1. The molecule has 0 spiro atoms. The molecule has 1 amide bonds. The van der Waals surface area contributed by atoms with Crippen LogP contribution in [0.2, 0.25) is 0 Å². The predicted molar refractivity (Wildman–Crippen MR) is 162 cm³/mol. The van der Waals surface area contributed by atoms with Gasteiger partial charge in [0, 0.05) is 11.3 Å². The molecule has 5 rings (SSSR count). The fourth-order valence-corrected chi connectivity index (χ4v) is 6.36. The van der Waals surface area contributed by atoms with Crippen LogP contribution in [0.5, 0.6) is 17.2 Å². The number of anilines is 1. The van der Waals surface area contributed by atoms with Gasteiger partial charge in [0.15, 0.2) is 15.8 Å². The normalized spacial score (nSPS) is 16.2. The predicted octanol–water partition coefficient (Wildman–Crippen LogP) is 6.27. The number of hydrogen-bond donors (Lipinski definition) is 2. The quantitative estimate of drug-likeness (QED) is 0.0710. The highest BCUT2D eigenvalue weighted by molar-refractivity contribution is 8.00. The van der Waals surface area contributed by atoms with Crippen LogP contribution in [0.15, 0.2) is 76.6 Å². The van der Waals surface area contributed by atoms with E-state index >= 15 is 0 Å². The number of ether oxygens (including phenoxy) is 2. The number of phenols is 1. The van der Waals surface area contributed by atoms with Crippen LogP contribution in [0.25, 0.3) is 5.76 Å². The first-order valence-corrected chi connectivity index (χ1v) is 15.1. The molecule has 0 radical (unpaired) electrons. The Morgan fingerprint density at radius 2 is 1.69 bits per heavy atom. The lowest BCUT2D eigenvalue weighted by molar-refractivity contribution is -0.132. The summed E-state index contributed by atoms with van der Waals surface area (Å²) in [6.07, 6.45) is 0. The number of benzene rings is 3. The Labute approximate surface area is 251 Å². The standard InChI is InChI=1S/C31H29N3O6S2/c1-4-39-22-13-10-20(11-14-22)27(36)25-26(21-12-15-23(35)24(16-21)40-5-2)34(29(38)28(25)37)30-32-33-31(42-30)41-17-19-8-6-18(3)7-9-19/h6-16,26,35-36H,4-5,17H2,1-3H3/b27-25-. The summed E-state index contributed by atoms with van der Waals surface area (Å²) >= 11 is 2.66. The highest BCUT2D eigenvalue weighted by atomic mass is 32.2. The van der Waals surface area contributed by atoms with Crippen LogP contribution in [0.3, 0.4) is 0 Å². The molecular weight excluding hydrogens is 574 g/mol. The monoisotopic (exact) mass is 603 g/mol. The van der Waals surface area contributed by atoms with Crippen LogP contribution in [0.1, 0.15) is 42.1 Å². The third-order valence-electron chi connectivity index (χ3n) is 6.57. The minimum atomic E-state index is -1.04. The Morgan fingerprint density at radius 3 is 2.38 bits per heavy atom. The molecule has 0 saturated carbocycles. The zero-order chi connectivity index (χ0) is 29.8. The molecule has 1 aromatic heterocycles. The molecule has 2 N–H and O–H groups in total. The van der Waals surface area contributed by atoms with Crippen molar-refractivity contribution in [2.75, 3.05) is 18.1 Å². The van der Waals surface area contributed by atoms with E-state index in [9.17, 15) is 19.8 Å². The molecule has 4 aromatic rings. The summed E-state index contributed by atoms with van der Waals surface area (Å²) in [7, 11) is 0. The van der Waals surface area contributed by atoms with Gasteiger partial charge in [0.25, 0.3) is 5.78 Å². The van der Waals surface area contributed by atoms with Crippen LogP contribution in [-0.2, 0) is 15.3 Å². The number of carbonyl (C=O) groups is 2. The number of nitrogens with zero attached hydrogens (tertiary/aromatic N) is 3. The first kappa shape index (κ1) is 29.2. The van der Waals surface area contributed by atoms with Gasteiger partial charge in [-0.15, -0.1) is 10.2 Å². The molecule has 42 heavy (non-hydrogen) atoms. The van der Waals surface area contributed by atoms with Crippen molar-refractivity contribution in [3.8, 4) is 17.2 Å². The molecule has 1 unspecified atom stereocenters. The molecule has 9 nitrogen and oxygen atoms in total. The molecule has 3 aromatic carbocycles. The minimum Gasteiger partial charge on any atom is -0.507 e. The van der Waals surface area contributed by atoms with Crippen molar-refractivity contribution < 1.29 is 29.3 Å². The fraction of sp³-hybridized carbons (Fsp3) is 0.226. The van der Waals surface area contributed by atoms with E-state index in [-0.39, 0.29) is 28.0 Å². The summed E-state index contributed by atoms with van der Waals surface area (Å²) in [6, 6.07) is 18.3. The van der Waals surface area contributed by atoms with Crippen molar-refractivity contribution in [1.29, 1.82) is 0 Å². The largest absolute Gasteiger partial charge is 0.507 e. The van der Waals surface area contributed by atoms with Gasteiger partial charge in [0.1, 0.15) is 11.5 Å². The Bertz CT molecular complexity index is 1630. The van der Waals surface area contributed by atoms with Crippen LogP contribution in [0, 0.1) is 6.92 Å². The first-order valence-electron chi connectivity index (χ1n) is 13.3. The Hall–Kier alpha value is -4.35. The summed E-state index contributed by atoms with van der Waals surface area (Å²) in [6.45, 7) is 6.44. The number of hydrogen-bond acceptors (Lipinski definition) is 10. The Balaban J connectivity index is 1.55. The van der Waals surface area contributed by atoms with Crippen molar-refractivity contribution in [3.05, 3.63) is 94.6 Å². The number of ketones is 1. The number of aromatic hydroxyl groups is 1. The summed E-state index contributed by atoms with van der Waals surface area (Å²) < 4.78 is 11.7. The van der Waals surface area contributed by atoms with Gasteiger partial charge >= 0.3 is 5.91 Å². The SMILES string of the molecule is CCOc1ccc(/C(O)=C2/C(=O)C(=O)N(c3nnc(SCc4ccc(C)cc4)s3)C2c2ccc(O)c(OCC)c2)cc1. The summed E-state index contributed by atoms with van der Waals surface area (Å²) in [5.74, 6) is -0.678. The third-order valence-corrected chi connectivity index (χ3v) is 8.69. The van der Waals surface area contributed by atoms with Crippen molar-refractivity contribution in [2.24, 2.45) is 0 Å². The van der Waals surface area contributed by atoms with E-state index < -0.39 is 17.7 Å². The highest BCUT2D eigenvalue weighted by Gasteiger charge is 2.48. The molecule has 1 aliphatic heterocycles. The maximum Gasteiger partial charge on any atom is 0.301 e. The zero-order valence-corrected chi connectivity index (χ0v) is 24.9. The summed E-state index contributed by atoms with van der Waals surface area (Å²) in [4.78, 5) is 28.3. The van der Waals surface area contributed by atoms with Crippen molar-refractivity contribution >= 4 is 45.7 Å². The van der Waals surface area contributed by atoms with Crippen LogP contribution < -0.4 is 14.4 Å². The van der Waals surface area contributed by atoms with Crippen molar-refractivity contribution in [2.45, 2.75) is 36.9 Å². The molecule has 0 bridgehead atoms. The lowest BCUT2D eigenvalue weighted by Gasteiger charge is -2.23. The van der Waals surface area contributed by atoms with Gasteiger partial charge in [-0.1, -0.05) is 59.0 Å². The smallest absolute Gasteiger partial charge is 0.301 e. The summed E-state index contributed by atoms with van der Waals surface area (Å²) in [5, 5.41) is 30.5. The van der Waals surface area contributed by atoms with Gasteiger partial charge in [-0.25, -0.2) is 0 Å². The third kappa shape index (κ3) is 5.97. The van der Waals surface area contributed by atoms with Gasteiger partial charge in [-0.3, -0.25) is 14.5 Å². The van der Waals surface area contributed by atoms with Gasteiger partial charge < -0.3 is 19.7 Å². The second-order valence-electron chi connectivity index (χ2n) is 9.41. The number of carbonyl (C=O) groups excluding carboxylic acids is 2. The molecule has 2 heterocycles. The maximum atomic E-state index is 13.5. The number of aromatic nitrogens is 2. The van der Waals surface area contributed by atoms with E-state index in [4.69, 9.17) is 9.47 Å². The van der Waals surface area contributed by atoms with E-state index in [1.165, 1.54) is 39.6 Å². The molecule has 1 fully saturated rings. The zero-order valence-electron chi connectivity index (χ0n) is 23.2. The van der Waals surface area contributed by atoms with E-state index in [1.807, 2.05) is 38.1 Å². The minimum absolute atomic E-state index is 0.0882. The first-order chi connectivity index (χ1) is 20.3. The van der Waals surface area contributed by atoms with Gasteiger partial charge in [-0.2, -0.15) is 0 Å². The maximum absolute atomic E-state index is 13.5. The van der Waals surface area contributed by atoms with E-state index in [2.05, 4.69) is 10.2 Å². The lowest BCUT2D eigenvalue weighted by atomic mass is 9.95. The van der Waals surface area contributed by atoms with Crippen molar-refractivity contribution in [3.63, 3.8) is 0 Å². The second-order valence-corrected chi connectivity index (χ2v) is 11.6. The van der Waals surface area contributed by atoms with Gasteiger partial charge in [0.2, 0.25) is 5.13 Å². The number of phenolic OH excluding ortho intramolecular Hbond substituents is 1. The van der Waals surface area contributed by atoms with E-state index in [0.717, 1.165) is 5.56 Å². The van der Waals surface area contributed by atoms with Gasteiger partial charge in [0.05, 0.1) is 24.8 Å². The number of aliphatic hydroxyl groups excluding tert-OH is 1. The Morgan fingerprint density at radius 1 is 0.976 bits per heavy atom. The molecule has 1 atom stereocenters. The Kier molecular flexibility index (Phi) is 8.79. The van der Waals surface area contributed by atoms with Crippen LogP contribution in [-0.4, -0.2) is 45.3 Å². The average Bonchev–Trinajstić information content (AvgIpc) is 3.56. The number of rotatable bonds is 10. The lowest BCUT2D eigenvalue weighted by Crippen LogP contribution is -2.29. The van der Waals surface area contributed by atoms with Gasteiger partial charge in [-0.05, 0) is 68.3 Å². The highest BCUT2D eigenvalue weighted by Crippen LogP contribution is 2.45. The number of aryl methyl sites for hydroxylation is 1. The van der Waals surface area contributed by atoms with E-state index in [0.29, 0.717) is 40.2 Å². The molecule has 0 aliphatic carbocycles. The average molecular weight is 604 g/mol. The summed E-state index contributed by atoms with van der Waals surface area (Å²) in [5.41, 5.74) is 2.97. The number of Topliss-reactive ketones (excluding diaryl/α,β-unsaturated/α-hetero) is 1. The number of amides is 1.